The van der Waals surface area contributed by atoms with Crippen molar-refractivity contribution in [3.05, 3.63) is 91.9 Å². The lowest BCUT2D eigenvalue weighted by Gasteiger charge is -2.19. The summed E-state index contributed by atoms with van der Waals surface area (Å²) < 4.78 is 13.3. The van der Waals surface area contributed by atoms with Crippen LogP contribution in [0.1, 0.15) is 26.8 Å². The minimum absolute atomic E-state index is 0.146. The predicted octanol–water partition coefficient (Wildman–Crippen LogP) is 4.38. The fraction of sp³-hybridized carbons (Fsp3) is 0.150. The van der Waals surface area contributed by atoms with Crippen molar-refractivity contribution in [2.75, 3.05) is 19.0 Å². The molecule has 1 heterocycles. The maximum atomic E-state index is 13.3. The van der Waals surface area contributed by atoms with Crippen LogP contribution in [0, 0.1) is 15.9 Å². The highest BCUT2D eigenvalue weighted by Crippen LogP contribution is 2.29. The van der Waals surface area contributed by atoms with Crippen LogP contribution in [-0.2, 0) is 0 Å². The molecule has 1 atom stereocenters. The molecule has 1 N–H and O–H groups in total. The first-order valence-electron chi connectivity index (χ1n) is 8.42. The van der Waals surface area contributed by atoms with Gasteiger partial charge in [0.05, 0.1) is 11.0 Å². The average molecular weight is 399 g/mol. The van der Waals surface area contributed by atoms with Crippen molar-refractivity contribution >= 4 is 28.6 Å². The molecule has 0 aliphatic heterocycles. The topological polar surface area (TPSA) is 75.5 Å². The molecule has 3 aromatic rings. The first-order valence-corrected chi connectivity index (χ1v) is 9.30. The Hall–Kier alpha value is -3.26. The lowest BCUT2D eigenvalue weighted by Crippen LogP contribution is -2.29. The molecule has 3 rings (SSSR count). The molecule has 0 aliphatic carbocycles. The summed E-state index contributed by atoms with van der Waals surface area (Å²) in [6, 6.07) is 13.5. The molecule has 0 unspecified atom stereocenters. The fourth-order valence-corrected chi connectivity index (χ4v) is 3.64. The van der Waals surface area contributed by atoms with Gasteiger partial charge in [-0.3, -0.25) is 14.9 Å². The quantitative estimate of drug-likeness (QED) is 0.493. The summed E-state index contributed by atoms with van der Waals surface area (Å²) in [4.78, 5) is 26.2. The number of halogens is 1. The van der Waals surface area contributed by atoms with E-state index in [1.165, 1.54) is 29.5 Å². The van der Waals surface area contributed by atoms with Gasteiger partial charge < -0.3 is 10.2 Å². The van der Waals surface area contributed by atoms with Crippen molar-refractivity contribution in [1.82, 2.24) is 5.32 Å². The Morgan fingerprint density at radius 2 is 1.89 bits per heavy atom. The summed E-state index contributed by atoms with van der Waals surface area (Å²) in [5, 5.41) is 16.2. The molecule has 8 heteroatoms. The van der Waals surface area contributed by atoms with Gasteiger partial charge in [-0.15, -0.1) is 11.3 Å². The van der Waals surface area contributed by atoms with Gasteiger partial charge in [-0.25, -0.2) is 4.39 Å². The summed E-state index contributed by atoms with van der Waals surface area (Å²) in [5.41, 5.74) is 1.17. The molecule has 6 nitrogen and oxygen atoms in total. The average Bonchev–Trinajstić information content (AvgIpc) is 3.20. The molecule has 2 aromatic carbocycles. The SMILES string of the molecule is CN(C)c1ccc(C(=O)N[C@H](c2ccc(F)cc2)c2cccs2)cc1[N+](=O)[O-]. The standard InChI is InChI=1S/C20H18FN3O3S/c1-23(2)16-10-7-14(12-17(16)24(26)27)20(25)22-19(18-4-3-11-28-18)13-5-8-15(21)9-6-13/h3-12,19H,1-2H3,(H,22,25)/t19-/m1/s1. The first kappa shape index (κ1) is 19.5. The van der Waals surface area contributed by atoms with E-state index >= 15 is 0 Å². The second kappa shape index (κ2) is 8.18. The maximum Gasteiger partial charge on any atom is 0.293 e. The molecular formula is C20H18FN3O3S. The van der Waals surface area contributed by atoms with E-state index in [0.29, 0.717) is 5.69 Å². The molecule has 28 heavy (non-hydrogen) atoms. The fourth-order valence-electron chi connectivity index (χ4n) is 2.83. The number of thiophene rings is 1. The van der Waals surface area contributed by atoms with Gasteiger partial charge in [-0.05, 0) is 41.3 Å². The van der Waals surface area contributed by atoms with Gasteiger partial charge in [0.2, 0.25) is 0 Å². The van der Waals surface area contributed by atoms with Gasteiger partial charge in [0.25, 0.3) is 11.6 Å². The third-order valence-electron chi connectivity index (χ3n) is 4.22. The maximum absolute atomic E-state index is 13.3. The van der Waals surface area contributed by atoms with E-state index in [9.17, 15) is 19.3 Å². The van der Waals surface area contributed by atoms with Crippen LogP contribution in [0.3, 0.4) is 0 Å². The number of nitrogens with zero attached hydrogens (tertiary/aromatic N) is 2. The third-order valence-corrected chi connectivity index (χ3v) is 5.16. The van der Waals surface area contributed by atoms with Crippen molar-refractivity contribution in [3.8, 4) is 0 Å². The van der Waals surface area contributed by atoms with Gasteiger partial charge in [0, 0.05) is 30.6 Å². The minimum atomic E-state index is -0.511. The second-order valence-corrected chi connectivity index (χ2v) is 7.31. The Morgan fingerprint density at radius 3 is 2.46 bits per heavy atom. The number of carbonyl (C=O) groups excluding carboxylic acids is 1. The first-order chi connectivity index (χ1) is 13.4. The number of carbonyl (C=O) groups is 1. The van der Waals surface area contributed by atoms with E-state index in [-0.39, 0.29) is 17.1 Å². The molecule has 1 amide bonds. The van der Waals surface area contributed by atoms with Crippen LogP contribution in [-0.4, -0.2) is 24.9 Å². The van der Waals surface area contributed by atoms with Crippen LogP contribution in [0.25, 0.3) is 0 Å². The lowest BCUT2D eigenvalue weighted by molar-refractivity contribution is -0.384. The van der Waals surface area contributed by atoms with Crippen LogP contribution < -0.4 is 10.2 Å². The van der Waals surface area contributed by atoms with Crippen LogP contribution in [0.2, 0.25) is 0 Å². The van der Waals surface area contributed by atoms with Gasteiger partial charge >= 0.3 is 0 Å². The molecule has 0 saturated heterocycles. The monoisotopic (exact) mass is 399 g/mol. The number of nitro benzene ring substituents is 1. The zero-order chi connectivity index (χ0) is 20.3. The zero-order valence-corrected chi connectivity index (χ0v) is 16.1. The van der Waals surface area contributed by atoms with Crippen molar-refractivity contribution in [2.24, 2.45) is 0 Å². The highest BCUT2D eigenvalue weighted by Gasteiger charge is 2.22. The number of hydrogen-bond donors (Lipinski definition) is 1. The van der Waals surface area contributed by atoms with Gasteiger partial charge in [0.15, 0.2) is 0 Å². The normalized spacial score (nSPS) is 11.7. The number of nitrogens with one attached hydrogen (secondary N) is 1. The highest BCUT2D eigenvalue weighted by atomic mass is 32.1. The van der Waals surface area contributed by atoms with E-state index in [4.69, 9.17) is 0 Å². The smallest absolute Gasteiger partial charge is 0.293 e. The lowest BCUT2D eigenvalue weighted by atomic mass is 10.0. The van der Waals surface area contributed by atoms with Crippen molar-refractivity contribution < 1.29 is 14.1 Å². The van der Waals surface area contributed by atoms with Crippen molar-refractivity contribution in [3.63, 3.8) is 0 Å². The molecule has 0 aliphatic rings. The molecule has 0 fully saturated rings. The summed E-state index contributed by atoms with van der Waals surface area (Å²) in [7, 11) is 3.40. The minimum Gasteiger partial charge on any atom is -0.372 e. The number of benzene rings is 2. The van der Waals surface area contributed by atoms with Crippen LogP contribution in [0.15, 0.2) is 60.0 Å². The Kier molecular flexibility index (Phi) is 5.70. The van der Waals surface area contributed by atoms with Crippen LogP contribution in [0.5, 0.6) is 0 Å². The second-order valence-electron chi connectivity index (χ2n) is 6.33. The largest absolute Gasteiger partial charge is 0.372 e. The molecule has 0 saturated carbocycles. The molecule has 0 radical (unpaired) electrons. The molecule has 144 valence electrons. The number of anilines is 1. The Morgan fingerprint density at radius 1 is 1.18 bits per heavy atom. The number of nitro groups is 1. The van der Waals surface area contributed by atoms with Crippen LogP contribution in [0.4, 0.5) is 15.8 Å². The molecule has 0 spiro atoms. The molecule has 0 bridgehead atoms. The van der Waals surface area contributed by atoms with Gasteiger partial charge in [-0.1, -0.05) is 18.2 Å². The predicted molar refractivity (Wildman–Crippen MR) is 107 cm³/mol. The highest BCUT2D eigenvalue weighted by molar-refractivity contribution is 7.10. The number of rotatable bonds is 6. The summed E-state index contributed by atoms with van der Waals surface area (Å²) >= 11 is 1.46. The summed E-state index contributed by atoms with van der Waals surface area (Å²) in [6.45, 7) is 0. The third kappa shape index (κ3) is 4.17. The van der Waals surface area contributed by atoms with E-state index in [2.05, 4.69) is 5.32 Å². The van der Waals surface area contributed by atoms with Crippen molar-refractivity contribution in [1.29, 1.82) is 0 Å². The van der Waals surface area contributed by atoms with E-state index in [1.54, 1.807) is 43.3 Å². The van der Waals surface area contributed by atoms with E-state index in [1.807, 2.05) is 17.5 Å². The van der Waals surface area contributed by atoms with Gasteiger partial charge in [-0.2, -0.15) is 0 Å². The Labute approximate surface area is 165 Å². The van der Waals surface area contributed by atoms with Gasteiger partial charge in [0.1, 0.15) is 11.5 Å². The molecule has 1 aromatic heterocycles. The summed E-state index contributed by atoms with van der Waals surface area (Å²) in [6.07, 6.45) is 0. The zero-order valence-electron chi connectivity index (χ0n) is 15.3. The number of hydrogen-bond acceptors (Lipinski definition) is 5. The summed E-state index contributed by atoms with van der Waals surface area (Å²) in [5.74, 6) is -0.814. The number of amides is 1. The molecular weight excluding hydrogens is 381 g/mol. The van der Waals surface area contributed by atoms with E-state index < -0.39 is 16.9 Å². The Bertz CT molecular complexity index is 988. The van der Waals surface area contributed by atoms with E-state index in [0.717, 1.165) is 10.4 Å². The van der Waals surface area contributed by atoms with Crippen LogP contribution >= 0.6 is 11.3 Å². The Balaban J connectivity index is 1.93. The van der Waals surface area contributed by atoms with Crippen molar-refractivity contribution in [2.45, 2.75) is 6.04 Å².